The Balaban J connectivity index is 3.24. The summed E-state index contributed by atoms with van der Waals surface area (Å²) >= 11 is 0. The average molecular weight is 277 g/mol. The molecule has 1 atom stereocenters. The summed E-state index contributed by atoms with van der Waals surface area (Å²) in [6.45, 7) is 2.85. The van der Waals surface area contributed by atoms with Gasteiger partial charge in [-0.1, -0.05) is 45.4 Å². The Morgan fingerprint density at radius 1 is 0.947 bits per heavy atom. The first kappa shape index (κ1) is 18.8. The molecule has 0 aromatic carbocycles. The lowest BCUT2D eigenvalue weighted by atomic mass is 10.1. The van der Waals surface area contributed by atoms with E-state index in [2.05, 4.69) is 6.92 Å². The van der Waals surface area contributed by atoms with Gasteiger partial charge in [0.15, 0.2) is 0 Å². The molecule has 0 bridgehead atoms. The zero-order valence-electron chi connectivity index (χ0n) is 12.3. The van der Waals surface area contributed by atoms with E-state index < -0.39 is 6.10 Å². The first-order valence-electron chi connectivity index (χ1n) is 7.44. The van der Waals surface area contributed by atoms with Crippen molar-refractivity contribution < 1.29 is 20.1 Å². The number of unbranched alkanes of at least 4 members (excludes halogenated alkanes) is 6. The van der Waals surface area contributed by atoms with Gasteiger partial charge in [-0.05, 0) is 6.42 Å². The summed E-state index contributed by atoms with van der Waals surface area (Å²) in [5.41, 5.74) is 0. The van der Waals surface area contributed by atoms with Crippen LogP contribution in [0.4, 0.5) is 0 Å². The fraction of sp³-hybridized carbons (Fsp3) is 1.00. The van der Waals surface area contributed by atoms with Crippen molar-refractivity contribution in [3.8, 4) is 0 Å². The lowest BCUT2D eigenvalue weighted by Crippen LogP contribution is -2.36. The van der Waals surface area contributed by atoms with Crippen molar-refractivity contribution in [1.29, 1.82) is 0 Å². The molecule has 19 heavy (non-hydrogen) atoms. The quantitative estimate of drug-likeness (QED) is 0.330. The van der Waals surface area contributed by atoms with Crippen LogP contribution in [0.2, 0.25) is 0 Å². The summed E-state index contributed by atoms with van der Waals surface area (Å²) in [6.07, 6.45) is 8.04. The Morgan fingerprint density at radius 2 is 1.53 bits per heavy atom. The molecule has 0 fully saturated rings. The van der Waals surface area contributed by atoms with E-state index >= 15 is 0 Å². The van der Waals surface area contributed by atoms with E-state index in [1.807, 2.05) is 0 Å². The van der Waals surface area contributed by atoms with Gasteiger partial charge in [0.2, 0.25) is 0 Å². The molecule has 5 heteroatoms. The van der Waals surface area contributed by atoms with E-state index in [9.17, 15) is 5.11 Å². The molecule has 0 heterocycles. The van der Waals surface area contributed by atoms with Crippen molar-refractivity contribution in [2.45, 2.75) is 58.0 Å². The van der Waals surface area contributed by atoms with Crippen molar-refractivity contribution in [2.24, 2.45) is 0 Å². The SMILES string of the molecule is CCCCCCCCCOCC(O)CN(CO)CO. The summed E-state index contributed by atoms with van der Waals surface area (Å²) in [4.78, 5) is 1.34. The van der Waals surface area contributed by atoms with Gasteiger partial charge in [-0.15, -0.1) is 0 Å². The summed E-state index contributed by atoms with van der Waals surface area (Å²) in [5, 5.41) is 27.2. The van der Waals surface area contributed by atoms with E-state index in [-0.39, 0.29) is 26.6 Å². The normalized spacial score (nSPS) is 13.1. The van der Waals surface area contributed by atoms with Gasteiger partial charge in [-0.2, -0.15) is 0 Å². The fourth-order valence-electron chi connectivity index (χ4n) is 1.89. The minimum absolute atomic E-state index is 0.226. The van der Waals surface area contributed by atoms with E-state index in [0.717, 1.165) is 6.42 Å². The maximum Gasteiger partial charge on any atom is 0.0975 e. The van der Waals surface area contributed by atoms with Crippen LogP contribution in [0, 0.1) is 0 Å². The average Bonchev–Trinajstić information content (AvgIpc) is 2.43. The number of rotatable bonds is 14. The highest BCUT2D eigenvalue weighted by molar-refractivity contribution is 4.58. The van der Waals surface area contributed by atoms with Crippen LogP contribution in [-0.4, -0.2) is 59.5 Å². The Hall–Kier alpha value is -0.200. The Bertz CT molecular complexity index is 177. The minimum Gasteiger partial charge on any atom is -0.389 e. The van der Waals surface area contributed by atoms with Crippen LogP contribution >= 0.6 is 0 Å². The fourth-order valence-corrected chi connectivity index (χ4v) is 1.89. The van der Waals surface area contributed by atoms with Crippen LogP contribution in [0.3, 0.4) is 0 Å². The summed E-state index contributed by atoms with van der Waals surface area (Å²) in [6, 6.07) is 0. The van der Waals surface area contributed by atoms with Crippen LogP contribution < -0.4 is 0 Å². The van der Waals surface area contributed by atoms with Crippen molar-refractivity contribution >= 4 is 0 Å². The maximum absolute atomic E-state index is 9.59. The monoisotopic (exact) mass is 277 g/mol. The molecule has 0 saturated carbocycles. The number of aliphatic hydroxyl groups excluding tert-OH is 3. The number of ether oxygens (including phenoxy) is 1. The second-order valence-electron chi connectivity index (χ2n) is 4.99. The standard InChI is InChI=1S/C14H31NO4/c1-2-3-4-5-6-7-8-9-19-11-14(18)10-15(12-16)13-17/h14,16-18H,2-13H2,1H3. The van der Waals surface area contributed by atoms with Crippen LogP contribution in [0.15, 0.2) is 0 Å². The van der Waals surface area contributed by atoms with Crippen molar-refractivity contribution in [3.63, 3.8) is 0 Å². The third-order valence-corrected chi connectivity index (χ3v) is 3.07. The van der Waals surface area contributed by atoms with Gasteiger partial charge >= 0.3 is 0 Å². The molecule has 0 spiro atoms. The highest BCUT2D eigenvalue weighted by atomic mass is 16.5. The third kappa shape index (κ3) is 12.6. The number of aliphatic hydroxyl groups is 3. The summed E-state index contributed by atoms with van der Waals surface area (Å²) < 4.78 is 5.37. The van der Waals surface area contributed by atoms with Gasteiger partial charge in [0.1, 0.15) is 0 Å². The third-order valence-electron chi connectivity index (χ3n) is 3.07. The molecule has 0 aliphatic rings. The Labute approximate surface area is 117 Å². The van der Waals surface area contributed by atoms with Gasteiger partial charge in [0.05, 0.1) is 26.2 Å². The van der Waals surface area contributed by atoms with Crippen molar-refractivity contribution in [3.05, 3.63) is 0 Å². The molecule has 1 unspecified atom stereocenters. The van der Waals surface area contributed by atoms with E-state index in [1.165, 1.54) is 43.4 Å². The van der Waals surface area contributed by atoms with E-state index in [1.54, 1.807) is 0 Å². The first-order chi connectivity index (χ1) is 9.24. The van der Waals surface area contributed by atoms with Crippen LogP contribution in [-0.2, 0) is 4.74 Å². The lowest BCUT2D eigenvalue weighted by molar-refractivity contribution is -0.0304. The van der Waals surface area contributed by atoms with Crippen LogP contribution in [0.1, 0.15) is 51.9 Å². The lowest BCUT2D eigenvalue weighted by Gasteiger charge is -2.20. The molecule has 116 valence electrons. The van der Waals surface area contributed by atoms with Gasteiger partial charge in [-0.3, -0.25) is 4.90 Å². The minimum atomic E-state index is -0.663. The van der Waals surface area contributed by atoms with Crippen LogP contribution in [0.5, 0.6) is 0 Å². The first-order valence-corrected chi connectivity index (χ1v) is 7.44. The molecule has 0 rings (SSSR count). The molecule has 0 aliphatic heterocycles. The Kier molecular flexibility index (Phi) is 14.1. The molecule has 5 nitrogen and oxygen atoms in total. The number of hydrogen-bond donors (Lipinski definition) is 3. The summed E-state index contributed by atoms with van der Waals surface area (Å²) in [7, 11) is 0. The van der Waals surface area contributed by atoms with E-state index in [4.69, 9.17) is 14.9 Å². The summed E-state index contributed by atoms with van der Waals surface area (Å²) in [5.74, 6) is 0. The zero-order valence-corrected chi connectivity index (χ0v) is 12.3. The smallest absolute Gasteiger partial charge is 0.0975 e. The van der Waals surface area contributed by atoms with Gasteiger partial charge in [0, 0.05) is 13.2 Å². The van der Waals surface area contributed by atoms with E-state index in [0.29, 0.717) is 6.61 Å². The number of nitrogens with zero attached hydrogens (tertiary/aromatic N) is 1. The van der Waals surface area contributed by atoms with Crippen molar-refractivity contribution in [1.82, 2.24) is 4.90 Å². The molecular formula is C14H31NO4. The molecule has 0 aromatic rings. The highest BCUT2D eigenvalue weighted by Crippen LogP contribution is 2.06. The number of hydrogen-bond acceptors (Lipinski definition) is 5. The highest BCUT2D eigenvalue weighted by Gasteiger charge is 2.09. The van der Waals surface area contributed by atoms with Crippen molar-refractivity contribution in [2.75, 3.05) is 33.2 Å². The molecule has 0 amide bonds. The van der Waals surface area contributed by atoms with Crippen LogP contribution in [0.25, 0.3) is 0 Å². The largest absolute Gasteiger partial charge is 0.389 e. The predicted molar refractivity (Wildman–Crippen MR) is 75.7 cm³/mol. The molecule has 3 N–H and O–H groups in total. The molecule has 0 aromatic heterocycles. The van der Waals surface area contributed by atoms with Gasteiger partial charge in [0.25, 0.3) is 0 Å². The molecular weight excluding hydrogens is 246 g/mol. The molecule has 0 aliphatic carbocycles. The predicted octanol–water partition coefficient (Wildman–Crippen LogP) is 1.32. The molecule has 0 radical (unpaired) electrons. The topological polar surface area (TPSA) is 73.2 Å². The Morgan fingerprint density at radius 3 is 2.11 bits per heavy atom. The second kappa shape index (κ2) is 14.2. The second-order valence-corrected chi connectivity index (χ2v) is 4.99. The maximum atomic E-state index is 9.59. The van der Waals surface area contributed by atoms with Gasteiger partial charge in [-0.25, -0.2) is 0 Å². The molecule has 0 saturated heterocycles. The zero-order chi connectivity index (χ0) is 14.3. The van der Waals surface area contributed by atoms with Gasteiger partial charge < -0.3 is 20.1 Å².